The molecule has 2 aromatic carbocycles. The van der Waals surface area contributed by atoms with Crippen LogP contribution in [0.15, 0.2) is 48.5 Å². The molecule has 0 saturated carbocycles. The van der Waals surface area contributed by atoms with Gasteiger partial charge in [-0.25, -0.2) is 8.42 Å². The molecule has 0 aliphatic carbocycles. The van der Waals surface area contributed by atoms with Crippen LogP contribution in [0.5, 0.6) is 11.5 Å². The first-order chi connectivity index (χ1) is 13.4. The summed E-state index contributed by atoms with van der Waals surface area (Å²) in [6.45, 7) is 1.10. The number of rotatable bonds is 7. The van der Waals surface area contributed by atoms with Gasteiger partial charge in [-0.1, -0.05) is 18.2 Å². The van der Waals surface area contributed by atoms with Gasteiger partial charge in [0, 0.05) is 31.8 Å². The predicted octanol–water partition coefficient (Wildman–Crippen LogP) is 2.67. The molecule has 8 heteroatoms. The first-order valence-corrected chi connectivity index (χ1v) is 10.9. The summed E-state index contributed by atoms with van der Waals surface area (Å²) in [5.41, 5.74) is 1.30. The van der Waals surface area contributed by atoms with E-state index in [2.05, 4.69) is 0 Å². The fourth-order valence-corrected chi connectivity index (χ4v) is 3.97. The highest BCUT2D eigenvalue weighted by molar-refractivity contribution is 7.92. The lowest BCUT2D eigenvalue weighted by Gasteiger charge is -2.25. The Morgan fingerprint density at radius 3 is 2.36 bits per heavy atom. The predicted molar refractivity (Wildman–Crippen MR) is 109 cm³/mol. The lowest BCUT2D eigenvalue weighted by Crippen LogP contribution is -2.32. The minimum Gasteiger partial charge on any atom is -0.486 e. The standard InChI is InChI=1S/C20H24N2O5S/c1-21(16-7-4-3-5-8-16)20(23)9-6-12-22(28(2,24)25)17-10-11-18-19(15-17)27-14-13-26-18/h3-5,7-8,10-11,15H,6,9,12-14H2,1-2H3. The van der Waals surface area contributed by atoms with Crippen molar-refractivity contribution in [1.29, 1.82) is 0 Å². The Morgan fingerprint density at radius 1 is 1.00 bits per heavy atom. The number of nitrogens with zero attached hydrogens (tertiary/aromatic N) is 2. The molecular weight excluding hydrogens is 380 g/mol. The summed E-state index contributed by atoms with van der Waals surface area (Å²) < 4.78 is 36.9. The van der Waals surface area contributed by atoms with E-state index < -0.39 is 10.0 Å². The third-order valence-corrected chi connectivity index (χ3v) is 5.68. The van der Waals surface area contributed by atoms with E-state index in [-0.39, 0.29) is 18.9 Å². The SMILES string of the molecule is CN(C(=O)CCCN(c1ccc2c(c1)OCCO2)S(C)(=O)=O)c1ccccc1. The quantitative estimate of drug-likeness (QED) is 0.709. The number of amides is 1. The number of anilines is 2. The number of carbonyl (C=O) groups excluding carboxylic acids is 1. The number of para-hydroxylation sites is 1. The molecule has 0 unspecified atom stereocenters. The van der Waals surface area contributed by atoms with Crippen LogP contribution in [0.1, 0.15) is 12.8 Å². The van der Waals surface area contributed by atoms with Crippen molar-refractivity contribution in [3.63, 3.8) is 0 Å². The smallest absolute Gasteiger partial charge is 0.232 e. The van der Waals surface area contributed by atoms with Crippen LogP contribution in [0, 0.1) is 0 Å². The summed E-state index contributed by atoms with van der Waals surface area (Å²) in [5, 5.41) is 0. The zero-order valence-corrected chi connectivity index (χ0v) is 16.8. The molecule has 0 fully saturated rings. The van der Waals surface area contributed by atoms with E-state index in [1.54, 1.807) is 30.1 Å². The maximum Gasteiger partial charge on any atom is 0.232 e. The molecule has 150 valence electrons. The highest BCUT2D eigenvalue weighted by Gasteiger charge is 2.21. The Hall–Kier alpha value is -2.74. The van der Waals surface area contributed by atoms with E-state index in [1.807, 2.05) is 30.3 Å². The molecule has 1 aliphatic rings. The van der Waals surface area contributed by atoms with Crippen molar-refractivity contribution < 1.29 is 22.7 Å². The third kappa shape index (κ3) is 4.75. The second-order valence-corrected chi connectivity index (χ2v) is 8.46. The summed E-state index contributed by atoms with van der Waals surface area (Å²) in [7, 11) is -1.79. The van der Waals surface area contributed by atoms with Gasteiger partial charge in [-0.2, -0.15) is 0 Å². The highest BCUT2D eigenvalue weighted by atomic mass is 32.2. The van der Waals surface area contributed by atoms with Gasteiger partial charge in [-0.3, -0.25) is 9.10 Å². The van der Waals surface area contributed by atoms with Gasteiger partial charge in [-0.15, -0.1) is 0 Å². The maximum atomic E-state index is 12.4. The summed E-state index contributed by atoms with van der Waals surface area (Å²) in [5.74, 6) is 1.06. The molecule has 0 N–H and O–H groups in total. The number of hydrogen-bond donors (Lipinski definition) is 0. The Labute approximate surface area is 165 Å². The molecule has 0 spiro atoms. The molecule has 1 amide bonds. The number of fused-ring (bicyclic) bond motifs is 1. The second-order valence-electron chi connectivity index (χ2n) is 6.55. The number of carbonyl (C=O) groups is 1. The molecule has 0 radical (unpaired) electrons. The molecule has 1 aliphatic heterocycles. The van der Waals surface area contributed by atoms with Crippen LogP contribution in [-0.4, -0.2) is 47.4 Å². The first-order valence-electron chi connectivity index (χ1n) is 9.05. The monoisotopic (exact) mass is 404 g/mol. The van der Waals surface area contributed by atoms with E-state index >= 15 is 0 Å². The topological polar surface area (TPSA) is 76.2 Å². The van der Waals surface area contributed by atoms with Gasteiger partial charge in [0.05, 0.1) is 11.9 Å². The minimum absolute atomic E-state index is 0.0678. The van der Waals surface area contributed by atoms with Gasteiger partial charge < -0.3 is 14.4 Å². The molecule has 1 heterocycles. The maximum absolute atomic E-state index is 12.4. The average molecular weight is 404 g/mol. The summed E-state index contributed by atoms with van der Waals surface area (Å²) >= 11 is 0. The van der Waals surface area contributed by atoms with Gasteiger partial charge in [0.15, 0.2) is 11.5 Å². The van der Waals surface area contributed by atoms with E-state index in [4.69, 9.17) is 9.47 Å². The summed E-state index contributed by atoms with van der Waals surface area (Å²) in [6, 6.07) is 14.4. The Balaban J connectivity index is 1.66. The highest BCUT2D eigenvalue weighted by Crippen LogP contribution is 2.34. The summed E-state index contributed by atoms with van der Waals surface area (Å²) in [4.78, 5) is 14.0. The zero-order valence-electron chi connectivity index (χ0n) is 16.0. The van der Waals surface area contributed by atoms with Crippen molar-refractivity contribution in [2.75, 3.05) is 42.3 Å². The van der Waals surface area contributed by atoms with Crippen LogP contribution in [0.3, 0.4) is 0 Å². The third-order valence-electron chi connectivity index (χ3n) is 4.48. The molecule has 0 bridgehead atoms. The molecular formula is C20H24N2O5S. The average Bonchev–Trinajstić information content (AvgIpc) is 2.70. The van der Waals surface area contributed by atoms with E-state index in [0.29, 0.717) is 36.8 Å². The van der Waals surface area contributed by atoms with Gasteiger partial charge in [-0.05, 0) is 30.7 Å². The molecule has 0 saturated heterocycles. The Morgan fingerprint density at radius 2 is 1.68 bits per heavy atom. The van der Waals surface area contributed by atoms with Gasteiger partial charge >= 0.3 is 0 Å². The second kappa shape index (κ2) is 8.52. The minimum atomic E-state index is -3.50. The van der Waals surface area contributed by atoms with Crippen LogP contribution in [0.2, 0.25) is 0 Å². The lowest BCUT2D eigenvalue weighted by molar-refractivity contribution is -0.118. The molecule has 2 aromatic rings. The van der Waals surface area contributed by atoms with E-state index in [9.17, 15) is 13.2 Å². The van der Waals surface area contributed by atoms with Crippen molar-refractivity contribution in [3.05, 3.63) is 48.5 Å². The fraction of sp³-hybridized carbons (Fsp3) is 0.350. The molecule has 3 rings (SSSR count). The van der Waals surface area contributed by atoms with E-state index in [1.165, 1.54) is 4.31 Å². The van der Waals surface area contributed by atoms with Crippen LogP contribution >= 0.6 is 0 Å². The van der Waals surface area contributed by atoms with Crippen molar-refractivity contribution >= 4 is 27.3 Å². The Bertz CT molecular complexity index is 931. The van der Waals surface area contributed by atoms with Gasteiger partial charge in [0.2, 0.25) is 15.9 Å². The first kappa shape index (κ1) is 20.0. The van der Waals surface area contributed by atoms with Crippen molar-refractivity contribution in [1.82, 2.24) is 0 Å². The summed E-state index contributed by atoms with van der Waals surface area (Å²) in [6.07, 6.45) is 1.79. The zero-order chi connectivity index (χ0) is 20.1. The van der Waals surface area contributed by atoms with Crippen molar-refractivity contribution in [3.8, 4) is 11.5 Å². The van der Waals surface area contributed by atoms with Gasteiger partial charge in [0.1, 0.15) is 13.2 Å². The van der Waals surface area contributed by atoms with Gasteiger partial charge in [0.25, 0.3) is 0 Å². The number of benzene rings is 2. The number of ether oxygens (including phenoxy) is 2. The van der Waals surface area contributed by atoms with Crippen LogP contribution in [0.4, 0.5) is 11.4 Å². The van der Waals surface area contributed by atoms with Crippen LogP contribution < -0.4 is 18.7 Å². The Kier molecular flexibility index (Phi) is 6.08. The molecule has 28 heavy (non-hydrogen) atoms. The fourth-order valence-electron chi connectivity index (χ4n) is 3.01. The van der Waals surface area contributed by atoms with E-state index in [0.717, 1.165) is 11.9 Å². The normalized spacial score (nSPS) is 13.1. The van der Waals surface area contributed by atoms with Crippen LogP contribution in [0.25, 0.3) is 0 Å². The van der Waals surface area contributed by atoms with Crippen LogP contribution in [-0.2, 0) is 14.8 Å². The lowest BCUT2D eigenvalue weighted by atomic mass is 10.2. The number of hydrogen-bond acceptors (Lipinski definition) is 5. The van der Waals surface area contributed by atoms with Crippen molar-refractivity contribution in [2.45, 2.75) is 12.8 Å². The molecule has 0 atom stereocenters. The number of sulfonamides is 1. The van der Waals surface area contributed by atoms with Crippen molar-refractivity contribution in [2.24, 2.45) is 0 Å². The molecule has 0 aromatic heterocycles. The largest absolute Gasteiger partial charge is 0.486 e. The molecule has 7 nitrogen and oxygen atoms in total.